The minimum atomic E-state index is -0.418. The zero-order valence-electron chi connectivity index (χ0n) is 17.0. The summed E-state index contributed by atoms with van der Waals surface area (Å²) < 4.78 is 6.92. The van der Waals surface area contributed by atoms with Crippen molar-refractivity contribution in [1.82, 2.24) is 15.0 Å². The molecule has 3 aromatic rings. The molecule has 0 saturated carbocycles. The third kappa shape index (κ3) is 5.18. The zero-order valence-corrected chi connectivity index (χ0v) is 17.8. The Hall–Kier alpha value is -3.33. The molecule has 2 amide bonds. The molecule has 2 aromatic carbocycles. The maximum atomic E-state index is 12.7. The first-order valence-electron chi connectivity index (χ1n) is 9.39. The van der Waals surface area contributed by atoms with Gasteiger partial charge in [0.1, 0.15) is 12.3 Å². The average molecular weight is 426 g/mol. The second kappa shape index (κ2) is 9.93. The molecule has 0 fully saturated rings. The van der Waals surface area contributed by atoms with Gasteiger partial charge in [0.2, 0.25) is 5.91 Å². The van der Waals surface area contributed by atoms with E-state index in [2.05, 4.69) is 20.9 Å². The van der Waals surface area contributed by atoms with Gasteiger partial charge in [-0.15, -0.1) is 16.9 Å². The third-order valence-electron chi connectivity index (χ3n) is 4.28. The van der Waals surface area contributed by atoms with E-state index in [0.717, 1.165) is 4.90 Å². The van der Waals surface area contributed by atoms with Crippen LogP contribution in [0.1, 0.15) is 23.1 Å². The van der Waals surface area contributed by atoms with E-state index in [1.54, 1.807) is 36.9 Å². The molecule has 0 atom stereocenters. The van der Waals surface area contributed by atoms with Crippen LogP contribution in [0.2, 0.25) is 0 Å². The Kier molecular flexibility index (Phi) is 7.08. The number of nitrogens with zero attached hydrogens (tertiary/aromatic N) is 3. The third-order valence-corrected chi connectivity index (χ3v) is 5.00. The molecule has 9 heteroatoms. The summed E-state index contributed by atoms with van der Waals surface area (Å²) in [4.78, 5) is 26.1. The molecule has 0 unspecified atom stereocenters. The lowest BCUT2D eigenvalue weighted by molar-refractivity contribution is -0.117. The second-order valence-corrected chi connectivity index (χ2v) is 7.22. The SMILES string of the molecule is CCOc1ccccc1NC(=O)c1nnn(CC(=O)Nc2cccc(SC)c2)c1C. The van der Waals surface area contributed by atoms with Gasteiger partial charge in [0.25, 0.3) is 5.91 Å². The molecular formula is C21H23N5O3S. The van der Waals surface area contributed by atoms with Crippen LogP contribution in [0.3, 0.4) is 0 Å². The second-order valence-electron chi connectivity index (χ2n) is 6.34. The molecule has 0 aliphatic rings. The smallest absolute Gasteiger partial charge is 0.278 e. The molecule has 156 valence electrons. The van der Waals surface area contributed by atoms with Crippen LogP contribution in [-0.2, 0) is 11.3 Å². The van der Waals surface area contributed by atoms with Gasteiger partial charge >= 0.3 is 0 Å². The van der Waals surface area contributed by atoms with Crippen LogP contribution in [0.15, 0.2) is 53.4 Å². The highest BCUT2D eigenvalue weighted by molar-refractivity contribution is 7.98. The first-order chi connectivity index (χ1) is 14.5. The van der Waals surface area contributed by atoms with E-state index in [-0.39, 0.29) is 18.1 Å². The van der Waals surface area contributed by atoms with Crippen molar-refractivity contribution in [3.8, 4) is 5.75 Å². The number of para-hydroxylation sites is 2. The van der Waals surface area contributed by atoms with Crippen LogP contribution < -0.4 is 15.4 Å². The van der Waals surface area contributed by atoms with Crippen LogP contribution in [0, 0.1) is 6.92 Å². The molecule has 3 rings (SSSR count). The Bertz CT molecular complexity index is 1050. The Labute approximate surface area is 179 Å². The highest BCUT2D eigenvalue weighted by atomic mass is 32.2. The van der Waals surface area contributed by atoms with Crippen molar-refractivity contribution in [3.63, 3.8) is 0 Å². The molecule has 0 bridgehead atoms. The minimum absolute atomic E-state index is 0.0505. The summed E-state index contributed by atoms with van der Waals surface area (Å²) in [7, 11) is 0. The van der Waals surface area contributed by atoms with Gasteiger partial charge in [-0.05, 0) is 50.4 Å². The molecule has 1 heterocycles. The highest BCUT2D eigenvalue weighted by Crippen LogP contribution is 2.24. The quantitative estimate of drug-likeness (QED) is 0.535. The highest BCUT2D eigenvalue weighted by Gasteiger charge is 2.19. The van der Waals surface area contributed by atoms with Crippen LogP contribution in [0.25, 0.3) is 0 Å². The van der Waals surface area contributed by atoms with Gasteiger partial charge in [0.15, 0.2) is 5.69 Å². The minimum Gasteiger partial charge on any atom is -0.492 e. The number of aromatic nitrogens is 3. The Balaban J connectivity index is 1.68. The van der Waals surface area contributed by atoms with E-state index in [0.29, 0.717) is 29.4 Å². The van der Waals surface area contributed by atoms with Gasteiger partial charge in [-0.1, -0.05) is 23.4 Å². The molecule has 0 radical (unpaired) electrons. The summed E-state index contributed by atoms with van der Waals surface area (Å²) in [6, 6.07) is 14.7. The largest absolute Gasteiger partial charge is 0.492 e. The average Bonchev–Trinajstić information content (AvgIpc) is 3.10. The number of benzene rings is 2. The fourth-order valence-electron chi connectivity index (χ4n) is 2.79. The monoisotopic (exact) mass is 425 g/mol. The first kappa shape index (κ1) is 21.4. The lowest BCUT2D eigenvalue weighted by Gasteiger charge is -2.10. The summed E-state index contributed by atoms with van der Waals surface area (Å²) in [5.41, 5.74) is 1.90. The van der Waals surface area contributed by atoms with Gasteiger partial charge in [-0.3, -0.25) is 9.59 Å². The lowest BCUT2D eigenvalue weighted by atomic mass is 10.2. The van der Waals surface area contributed by atoms with E-state index in [4.69, 9.17) is 4.74 Å². The number of nitrogens with one attached hydrogen (secondary N) is 2. The summed E-state index contributed by atoms with van der Waals surface area (Å²) in [5.74, 6) is -0.0980. The number of carbonyl (C=O) groups is 2. The number of ether oxygens (including phenoxy) is 1. The molecule has 30 heavy (non-hydrogen) atoms. The zero-order chi connectivity index (χ0) is 21.5. The van der Waals surface area contributed by atoms with Crippen molar-refractivity contribution < 1.29 is 14.3 Å². The van der Waals surface area contributed by atoms with Crippen molar-refractivity contribution in [2.45, 2.75) is 25.3 Å². The van der Waals surface area contributed by atoms with Gasteiger partial charge in [0.05, 0.1) is 18.0 Å². The van der Waals surface area contributed by atoms with Gasteiger partial charge in [0, 0.05) is 10.6 Å². The van der Waals surface area contributed by atoms with Crippen molar-refractivity contribution >= 4 is 35.0 Å². The molecule has 1 aromatic heterocycles. The topological polar surface area (TPSA) is 98.1 Å². The van der Waals surface area contributed by atoms with Gasteiger partial charge in [-0.2, -0.15) is 0 Å². The number of hydrogen-bond acceptors (Lipinski definition) is 6. The number of hydrogen-bond donors (Lipinski definition) is 2. The predicted molar refractivity (Wildman–Crippen MR) is 117 cm³/mol. The fourth-order valence-corrected chi connectivity index (χ4v) is 3.25. The van der Waals surface area contributed by atoms with E-state index in [9.17, 15) is 9.59 Å². The summed E-state index contributed by atoms with van der Waals surface area (Å²) in [6.45, 7) is 4.00. The van der Waals surface area contributed by atoms with Crippen LogP contribution >= 0.6 is 11.8 Å². The Morgan fingerprint density at radius 3 is 2.70 bits per heavy atom. The fraction of sp³-hybridized carbons (Fsp3) is 0.238. The maximum absolute atomic E-state index is 12.7. The van der Waals surface area contributed by atoms with E-state index in [1.165, 1.54) is 4.68 Å². The molecule has 0 aliphatic heterocycles. The van der Waals surface area contributed by atoms with Crippen molar-refractivity contribution in [2.24, 2.45) is 0 Å². The number of carbonyl (C=O) groups excluding carboxylic acids is 2. The number of thioether (sulfide) groups is 1. The van der Waals surface area contributed by atoms with Crippen molar-refractivity contribution in [1.29, 1.82) is 0 Å². The van der Waals surface area contributed by atoms with E-state index >= 15 is 0 Å². The Morgan fingerprint density at radius 1 is 1.13 bits per heavy atom. The maximum Gasteiger partial charge on any atom is 0.278 e. The number of amides is 2. The molecule has 8 nitrogen and oxygen atoms in total. The van der Waals surface area contributed by atoms with Crippen LogP contribution in [0.4, 0.5) is 11.4 Å². The van der Waals surface area contributed by atoms with Crippen molar-refractivity contribution in [2.75, 3.05) is 23.5 Å². The molecule has 2 N–H and O–H groups in total. The summed E-state index contributed by atoms with van der Waals surface area (Å²) in [6.07, 6.45) is 1.97. The standard InChI is InChI=1S/C21H23N5O3S/c1-4-29-18-11-6-5-10-17(18)23-21(28)20-14(2)26(25-24-20)13-19(27)22-15-8-7-9-16(12-15)30-3/h5-12H,4,13H2,1-3H3,(H,22,27)(H,23,28). The Morgan fingerprint density at radius 2 is 1.93 bits per heavy atom. The van der Waals surface area contributed by atoms with Gasteiger partial charge < -0.3 is 15.4 Å². The molecule has 0 aliphatic carbocycles. The summed E-state index contributed by atoms with van der Waals surface area (Å²) in [5, 5.41) is 13.5. The van der Waals surface area contributed by atoms with E-state index in [1.807, 2.05) is 43.5 Å². The predicted octanol–water partition coefficient (Wildman–Crippen LogP) is 3.60. The van der Waals surface area contributed by atoms with Crippen LogP contribution in [-0.4, -0.2) is 39.7 Å². The number of rotatable bonds is 8. The number of anilines is 2. The lowest BCUT2D eigenvalue weighted by Crippen LogP contribution is -2.21. The van der Waals surface area contributed by atoms with Gasteiger partial charge in [-0.25, -0.2) is 4.68 Å². The molecule has 0 saturated heterocycles. The van der Waals surface area contributed by atoms with Crippen molar-refractivity contribution in [3.05, 3.63) is 59.9 Å². The summed E-state index contributed by atoms with van der Waals surface area (Å²) >= 11 is 1.60. The van der Waals surface area contributed by atoms with Crippen LogP contribution in [0.5, 0.6) is 5.75 Å². The molecular weight excluding hydrogens is 402 g/mol. The molecule has 0 spiro atoms. The van der Waals surface area contributed by atoms with E-state index < -0.39 is 5.91 Å². The normalized spacial score (nSPS) is 10.5. The first-order valence-corrected chi connectivity index (χ1v) is 10.6.